The molecule has 0 bridgehead atoms. The summed E-state index contributed by atoms with van der Waals surface area (Å²) in [6.45, 7) is 4.32. The van der Waals surface area contributed by atoms with E-state index in [-0.39, 0.29) is 0 Å². The van der Waals surface area contributed by atoms with Gasteiger partial charge in [0.05, 0.1) is 5.69 Å². The zero-order valence-electron chi connectivity index (χ0n) is 11.2. The van der Waals surface area contributed by atoms with Crippen molar-refractivity contribution in [2.75, 3.05) is 18.0 Å². The van der Waals surface area contributed by atoms with Gasteiger partial charge in [-0.3, -0.25) is 4.40 Å². The Labute approximate surface area is 118 Å². The zero-order valence-corrected chi connectivity index (χ0v) is 12.0. The highest BCUT2D eigenvalue weighted by Gasteiger charge is 2.44. The number of piperidine rings is 1. The highest BCUT2D eigenvalue weighted by atomic mass is 35.5. The molecule has 2 fully saturated rings. The molecule has 19 heavy (non-hydrogen) atoms. The summed E-state index contributed by atoms with van der Waals surface area (Å²) in [6.07, 6.45) is 7.55. The number of hydrogen-bond acceptors (Lipinski definition) is 2. The van der Waals surface area contributed by atoms with E-state index >= 15 is 0 Å². The fourth-order valence-corrected chi connectivity index (χ4v) is 3.50. The van der Waals surface area contributed by atoms with Gasteiger partial charge in [-0.25, -0.2) is 4.98 Å². The first-order chi connectivity index (χ1) is 9.15. The summed E-state index contributed by atoms with van der Waals surface area (Å²) >= 11 is 6.36. The largest absolute Gasteiger partial charge is 0.371 e. The summed E-state index contributed by atoms with van der Waals surface area (Å²) in [4.78, 5) is 6.98. The monoisotopic (exact) mass is 275 g/mol. The Morgan fingerprint density at radius 2 is 1.89 bits per heavy atom. The van der Waals surface area contributed by atoms with Crippen LogP contribution in [0.25, 0.3) is 5.65 Å². The molecule has 3 heterocycles. The van der Waals surface area contributed by atoms with Gasteiger partial charge < -0.3 is 4.90 Å². The van der Waals surface area contributed by atoms with Gasteiger partial charge in [0.25, 0.3) is 0 Å². The van der Waals surface area contributed by atoms with Crippen molar-refractivity contribution < 1.29 is 0 Å². The summed E-state index contributed by atoms with van der Waals surface area (Å²) in [6, 6.07) is 4.23. The minimum atomic E-state index is 0.717. The van der Waals surface area contributed by atoms with Gasteiger partial charge in [0.1, 0.15) is 10.8 Å². The molecule has 0 aromatic carbocycles. The summed E-state index contributed by atoms with van der Waals surface area (Å²) in [7, 11) is 0. The molecule has 0 N–H and O–H groups in total. The molecule has 1 saturated heterocycles. The number of rotatable bonds is 1. The van der Waals surface area contributed by atoms with E-state index in [9.17, 15) is 0 Å². The minimum absolute atomic E-state index is 0.717. The quantitative estimate of drug-likeness (QED) is 0.740. The van der Waals surface area contributed by atoms with Gasteiger partial charge in [0.2, 0.25) is 0 Å². The van der Waals surface area contributed by atoms with Crippen molar-refractivity contribution in [3.63, 3.8) is 0 Å². The lowest BCUT2D eigenvalue weighted by Gasteiger charge is -2.33. The first-order valence-electron chi connectivity index (χ1n) is 7.06. The number of anilines is 1. The van der Waals surface area contributed by atoms with Crippen molar-refractivity contribution in [3.05, 3.63) is 29.2 Å². The van der Waals surface area contributed by atoms with E-state index in [0.29, 0.717) is 5.41 Å². The maximum absolute atomic E-state index is 6.36. The van der Waals surface area contributed by atoms with Crippen molar-refractivity contribution in [1.29, 1.82) is 0 Å². The predicted molar refractivity (Wildman–Crippen MR) is 78.1 cm³/mol. The molecule has 0 atom stereocenters. The van der Waals surface area contributed by atoms with E-state index in [1.54, 1.807) is 0 Å². The van der Waals surface area contributed by atoms with Gasteiger partial charge >= 0.3 is 0 Å². The summed E-state index contributed by atoms with van der Waals surface area (Å²) < 4.78 is 1.95. The first-order valence-corrected chi connectivity index (χ1v) is 7.43. The molecule has 4 rings (SSSR count). The van der Waals surface area contributed by atoms with Crippen molar-refractivity contribution in [3.8, 4) is 0 Å². The van der Waals surface area contributed by atoms with Crippen LogP contribution in [0.1, 0.15) is 31.4 Å². The van der Waals surface area contributed by atoms with Crippen LogP contribution in [-0.2, 0) is 0 Å². The third kappa shape index (κ3) is 1.91. The Balaban J connectivity index is 1.67. The number of pyridine rings is 1. The number of imidazole rings is 1. The van der Waals surface area contributed by atoms with Gasteiger partial charge in [-0.1, -0.05) is 11.6 Å². The smallest absolute Gasteiger partial charge is 0.140 e. The number of hydrogen-bond donors (Lipinski definition) is 0. The average molecular weight is 276 g/mol. The van der Waals surface area contributed by atoms with E-state index in [2.05, 4.69) is 22.0 Å². The van der Waals surface area contributed by atoms with Crippen molar-refractivity contribution in [2.45, 2.75) is 32.6 Å². The van der Waals surface area contributed by atoms with Crippen molar-refractivity contribution >= 4 is 22.9 Å². The molecule has 1 spiro atoms. The fourth-order valence-electron chi connectivity index (χ4n) is 3.25. The number of nitrogens with zero attached hydrogens (tertiary/aromatic N) is 3. The van der Waals surface area contributed by atoms with Gasteiger partial charge in [-0.2, -0.15) is 0 Å². The van der Waals surface area contributed by atoms with Crippen LogP contribution in [-0.4, -0.2) is 22.5 Å². The van der Waals surface area contributed by atoms with Crippen LogP contribution in [0, 0.1) is 12.3 Å². The molecule has 3 nitrogen and oxygen atoms in total. The lowest BCUT2D eigenvalue weighted by atomic mass is 9.93. The van der Waals surface area contributed by atoms with Crippen LogP contribution < -0.4 is 4.90 Å². The molecule has 0 unspecified atom stereocenters. The second-order valence-electron chi connectivity index (χ2n) is 6.13. The number of aryl methyl sites for hydroxylation is 1. The van der Waals surface area contributed by atoms with E-state index in [0.717, 1.165) is 29.6 Å². The summed E-state index contributed by atoms with van der Waals surface area (Å²) in [5.74, 6) is 0. The lowest BCUT2D eigenvalue weighted by molar-refractivity contribution is 0.384. The van der Waals surface area contributed by atoms with Crippen LogP contribution in [0.4, 0.5) is 5.69 Å². The van der Waals surface area contributed by atoms with Crippen LogP contribution in [0.2, 0.25) is 5.15 Å². The second kappa shape index (κ2) is 3.89. The molecule has 0 radical (unpaired) electrons. The van der Waals surface area contributed by atoms with E-state index < -0.39 is 0 Å². The van der Waals surface area contributed by atoms with Gasteiger partial charge in [0, 0.05) is 31.0 Å². The number of halogens is 1. The van der Waals surface area contributed by atoms with E-state index in [4.69, 9.17) is 11.6 Å². The van der Waals surface area contributed by atoms with E-state index in [1.807, 2.05) is 17.5 Å². The highest BCUT2D eigenvalue weighted by molar-refractivity contribution is 6.30. The normalized spacial score (nSPS) is 21.3. The Morgan fingerprint density at radius 3 is 2.58 bits per heavy atom. The third-order valence-corrected chi connectivity index (χ3v) is 5.07. The Kier molecular flexibility index (Phi) is 2.37. The molecule has 2 aromatic rings. The average Bonchev–Trinajstić information content (AvgIpc) is 3.02. The highest BCUT2D eigenvalue weighted by Crippen LogP contribution is 2.53. The fraction of sp³-hybridized carbons (Fsp3) is 0.533. The Bertz CT molecular complexity index is 632. The molecular formula is C15H18ClN3. The molecule has 2 aliphatic rings. The maximum atomic E-state index is 6.36. The minimum Gasteiger partial charge on any atom is -0.371 e. The standard InChI is InChI=1S/C15H18ClN3/c1-11-10-19-13(16)8-12(9-14(19)17-11)18-6-4-15(2-3-15)5-7-18/h8-10H,2-7H2,1H3. The number of fused-ring (bicyclic) bond motifs is 1. The van der Waals surface area contributed by atoms with E-state index in [1.165, 1.54) is 31.4 Å². The van der Waals surface area contributed by atoms with Crippen molar-refractivity contribution in [1.82, 2.24) is 9.38 Å². The zero-order chi connectivity index (χ0) is 13.0. The number of aromatic nitrogens is 2. The third-order valence-electron chi connectivity index (χ3n) is 4.77. The van der Waals surface area contributed by atoms with Crippen LogP contribution >= 0.6 is 11.6 Å². The first kappa shape index (κ1) is 11.6. The predicted octanol–water partition coefficient (Wildman–Crippen LogP) is 3.68. The molecule has 2 aromatic heterocycles. The topological polar surface area (TPSA) is 20.5 Å². The Morgan fingerprint density at radius 1 is 1.16 bits per heavy atom. The van der Waals surface area contributed by atoms with Crippen LogP contribution in [0.15, 0.2) is 18.3 Å². The van der Waals surface area contributed by atoms with Crippen molar-refractivity contribution in [2.24, 2.45) is 5.41 Å². The molecule has 100 valence electrons. The molecule has 1 aliphatic carbocycles. The second-order valence-corrected chi connectivity index (χ2v) is 6.52. The van der Waals surface area contributed by atoms with Crippen LogP contribution in [0.5, 0.6) is 0 Å². The molecule has 1 aliphatic heterocycles. The summed E-state index contributed by atoms with van der Waals surface area (Å²) in [5, 5.41) is 0.750. The van der Waals surface area contributed by atoms with Gasteiger partial charge in [-0.05, 0) is 44.1 Å². The lowest BCUT2D eigenvalue weighted by Crippen LogP contribution is -2.34. The molecule has 4 heteroatoms. The molecule has 1 saturated carbocycles. The van der Waals surface area contributed by atoms with Gasteiger partial charge in [-0.15, -0.1) is 0 Å². The molecule has 0 amide bonds. The van der Waals surface area contributed by atoms with Gasteiger partial charge in [0.15, 0.2) is 0 Å². The molecular weight excluding hydrogens is 258 g/mol. The Hall–Kier alpha value is -1.22. The van der Waals surface area contributed by atoms with Crippen LogP contribution in [0.3, 0.4) is 0 Å². The summed E-state index contributed by atoms with van der Waals surface area (Å²) in [5.41, 5.74) is 3.90. The SMILES string of the molecule is Cc1cn2c(Cl)cc(N3CCC4(CC3)CC4)cc2n1. The maximum Gasteiger partial charge on any atom is 0.140 e.